The zero-order valence-corrected chi connectivity index (χ0v) is 43.5. The van der Waals surface area contributed by atoms with Gasteiger partial charge in [-0.3, -0.25) is 43.5 Å². The molecule has 0 radical (unpaired) electrons. The number of aliphatic imine (C=N–C) groups is 2. The van der Waals surface area contributed by atoms with E-state index in [9.17, 15) is 48.6 Å². The van der Waals surface area contributed by atoms with E-state index in [0.29, 0.717) is 12.0 Å². The van der Waals surface area contributed by atoms with E-state index < -0.39 is 90.2 Å². The van der Waals surface area contributed by atoms with E-state index in [-0.39, 0.29) is 75.4 Å². The molecule has 0 unspecified atom stereocenters. The molecule has 0 saturated heterocycles. The fourth-order valence-corrected chi connectivity index (χ4v) is 7.82. The van der Waals surface area contributed by atoms with Gasteiger partial charge in [-0.05, 0) is 50.5 Å². The zero-order valence-electron chi connectivity index (χ0n) is 43.5. The Bertz CT molecular complexity index is 1910. The monoisotopic (exact) mass is 1030 g/mol. The van der Waals surface area contributed by atoms with Crippen LogP contribution in [0.3, 0.4) is 0 Å². The van der Waals surface area contributed by atoms with Crippen LogP contribution in [-0.4, -0.2) is 125 Å². The molecule has 23 nitrogen and oxygen atoms in total. The average molecular weight is 1030 g/mol. The second-order valence-corrected chi connectivity index (χ2v) is 18.8. The lowest BCUT2D eigenvalue weighted by atomic mass is 10.0. The normalized spacial score (nSPS) is 13.9. The van der Waals surface area contributed by atoms with Crippen LogP contribution >= 0.6 is 0 Å². The molecule has 0 bridgehead atoms. The highest BCUT2D eigenvalue weighted by Gasteiger charge is 2.35. The number of aliphatic hydroxyl groups excluding tert-OH is 1. The quantitative estimate of drug-likeness (QED) is 0.0245. The van der Waals surface area contributed by atoms with Gasteiger partial charge in [0.2, 0.25) is 41.4 Å². The predicted octanol–water partition coefficient (Wildman–Crippen LogP) is 0.723. The van der Waals surface area contributed by atoms with E-state index in [0.717, 1.165) is 19.3 Å². The van der Waals surface area contributed by atoms with Crippen molar-refractivity contribution < 1.29 is 48.6 Å². The van der Waals surface area contributed by atoms with Crippen molar-refractivity contribution in [3.63, 3.8) is 0 Å². The summed E-state index contributed by atoms with van der Waals surface area (Å²) in [6, 6.07) is -0.135. The van der Waals surface area contributed by atoms with E-state index in [1.807, 2.05) is 0 Å². The van der Waals surface area contributed by atoms with Gasteiger partial charge in [0.25, 0.3) is 0 Å². The van der Waals surface area contributed by atoms with Crippen molar-refractivity contribution in [2.75, 3.05) is 13.1 Å². The molecule has 23 heteroatoms. The summed E-state index contributed by atoms with van der Waals surface area (Å²) in [4.78, 5) is 114. The van der Waals surface area contributed by atoms with Crippen molar-refractivity contribution >= 4 is 59.2 Å². The number of carboxylic acids is 1. The number of nitrogens with one attached hydrogen (secondary N) is 6. The number of carboxylic acid groups (broad SMARTS) is 1. The second-order valence-electron chi connectivity index (χ2n) is 18.8. The number of benzene rings is 1. The summed E-state index contributed by atoms with van der Waals surface area (Å²) in [6.07, 6.45) is 12.9. The number of carbonyl (C=O) groups is 8. The number of nitrogens with zero attached hydrogens (tertiary/aromatic N) is 2. The van der Waals surface area contributed by atoms with Crippen molar-refractivity contribution in [1.29, 1.82) is 0 Å². The maximum absolute atomic E-state index is 14.3. The highest BCUT2D eigenvalue weighted by atomic mass is 16.4. The molecule has 0 aliphatic heterocycles. The first-order valence-corrected chi connectivity index (χ1v) is 25.8. The third kappa shape index (κ3) is 29.6. The Balaban J connectivity index is 3.27. The Morgan fingerprint density at radius 1 is 0.521 bits per heavy atom. The first-order chi connectivity index (χ1) is 34.7. The number of unbranched alkanes of at least 4 members (excludes halogenated alkanes) is 12. The number of aliphatic hydroxyl groups is 1. The molecule has 1 rings (SSSR count). The summed E-state index contributed by atoms with van der Waals surface area (Å²) in [6.45, 7) is 7.04. The number of primary amides is 1. The smallest absolute Gasteiger partial charge is 0.326 e. The minimum atomic E-state index is -1.75. The second kappa shape index (κ2) is 37.3. The van der Waals surface area contributed by atoms with Crippen molar-refractivity contribution in [1.82, 2.24) is 31.9 Å². The topological polar surface area (TPSA) is 404 Å². The minimum Gasteiger partial charge on any atom is -0.480 e. The van der Waals surface area contributed by atoms with Crippen LogP contribution < -0.4 is 60.6 Å². The molecule has 0 saturated carbocycles. The van der Waals surface area contributed by atoms with Crippen LogP contribution in [0.1, 0.15) is 155 Å². The van der Waals surface area contributed by atoms with Gasteiger partial charge < -0.3 is 70.8 Å². The van der Waals surface area contributed by atoms with Gasteiger partial charge in [-0.2, -0.15) is 0 Å². The summed E-state index contributed by atoms with van der Waals surface area (Å²) in [5, 5.41) is 35.7. The summed E-state index contributed by atoms with van der Waals surface area (Å²) >= 11 is 0. The van der Waals surface area contributed by atoms with Crippen LogP contribution in [0.25, 0.3) is 0 Å². The van der Waals surface area contributed by atoms with E-state index in [4.69, 9.17) is 28.7 Å². The SMILES string of the molecule is CCCCCCCCCCCCCCCC(=O)N[C@H](C(=O)N[C@@H](CCCN=C(N)N)C(=O)N[C@@H](Cc1ccccc1)C(=O)N[C@H](C(=O)N[C@@H](CCCN=C(N)N)C(=O)N[C@@H](CC(N)=O)C(=O)O)[C@@H](C)O)C(C)C. The highest BCUT2D eigenvalue weighted by molar-refractivity contribution is 5.97. The maximum Gasteiger partial charge on any atom is 0.326 e. The lowest BCUT2D eigenvalue weighted by Crippen LogP contribution is -2.62. The fourth-order valence-electron chi connectivity index (χ4n) is 7.82. The molecule has 0 spiro atoms. The molecule has 73 heavy (non-hydrogen) atoms. The van der Waals surface area contributed by atoms with Crippen molar-refractivity contribution in [3.8, 4) is 0 Å². The maximum atomic E-state index is 14.3. The molecule has 0 fully saturated rings. The number of hydrogen-bond donors (Lipinski definition) is 13. The lowest BCUT2D eigenvalue weighted by Gasteiger charge is -2.29. The number of aliphatic carboxylic acids is 1. The third-order valence-electron chi connectivity index (χ3n) is 11.9. The molecule has 18 N–H and O–H groups in total. The third-order valence-corrected chi connectivity index (χ3v) is 11.9. The van der Waals surface area contributed by atoms with Crippen LogP contribution in [0, 0.1) is 5.92 Å². The van der Waals surface area contributed by atoms with Crippen molar-refractivity contribution in [2.24, 2.45) is 44.6 Å². The minimum absolute atomic E-state index is 0.000727. The van der Waals surface area contributed by atoms with Crippen LogP contribution in [0.4, 0.5) is 0 Å². The largest absolute Gasteiger partial charge is 0.480 e. The predicted molar refractivity (Wildman–Crippen MR) is 280 cm³/mol. The Morgan fingerprint density at radius 2 is 0.945 bits per heavy atom. The fraction of sp³-hybridized carbons (Fsp3) is 0.680. The zero-order chi connectivity index (χ0) is 54.7. The number of nitrogens with two attached hydrogens (primary N) is 5. The number of hydrogen-bond acceptors (Lipinski definition) is 11. The van der Waals surface area contributed by atoms with Crippen LogP contribution in [0.2, 0.25) is 0 Å². The average Bonchev–Trinajstić information content (AvgIpc) is 3.32. The summed E-state index contributed by atoms with van der Waals surface area (Å²) < 4.78 is 0. The van der Waals surface area contributed by atoms with Gasteiger partial charge in [-0.15, -0.1) is 0 Å². The standard InChI is InChI=1S/C50H87N13O10/c1-5-6-7-8-9-10-11-12-13-14-15-16-20-27-40(66)62-41(32(2)3)46(70)58-35(25-21-28-56-49(52)53)43(67)60-37(30-34-23-18-17-19-24-34)45(69)63-42(33(4)64)47(71)59-36(26-22-29-57-50(54)55)44(68)61-38(48(72)73)31-39(51)65/h17-19,23-24,32-33,35-38,41-42,64H,5-16,20-22,25-31H2,1-4H3,(H2,51,65)(H,58,70)(H,59,71)(H,60,67)(H,61,68)(H,62,66)(H,63,69)(H,72,73)(H4,52,53,56)(H4,54,55,57)/t33-,35+,36+,37+,38+,41+,42+/m1/s1. The van der Waals surface area contributed by atoms with E-state index >= 15 is 0 Å². The number of amides is 7. The van der Waals surface area contributed by atoms with Gasteiger partial charge in [-0.25, -0.2) is 4.79 Å². The Kier molecular flexibility index (Phi) is 32.9. The molecule has 1 aromatic carbocycles. The molecule has 0 aliphatic carbocycles. The van der Waals surface area contributed by atoms with Crippen molar-refractivity contribution in [3.05, 3.63) is 35.9 Å². The first-order valence-electron chi connectivity index (χ1n) is 25.8. The van der Waals surface area contributed by atoms with Gasteiger partial charge in [-0.1, -0.05) is 128 Å². The molecule has 7 atom stereocenters. The molecule has 1 aromatic rings. The molecule has 0 heterocycles. The highest BCUT2D eigenvalue weighted by Crippen LogP contribution is 2.14. The molecule has 0 aliphatic rings. The van der Waals surface area contributed by atoms with Crippen LogP contribution in [0.5, 0.6) is 0 Å². The molecule has 412 valence electrons. The number of carbonyl (C=O) groups excluding carboxylic acids is 7. The van der Waals surface area contributed by atoms with Crippen molar-refractivity contribution in [2.45, 2.75) is 198 Å². The van der Waals surface area contributed by atoms with E-state index in [2.05, 4.69) is 48.8 Å². The Morgan fingerprint density at radius 3 is 1.37 bits per heavy atom. The molecule has 7 amide bonds. The number of rotatable bonds is 40. The van der Waals surface area contributed by atoms with E-state index in [1.54, 1.807) is 44.2 Å². The molecular formula is C50H87N13O10. The van der Waals surface area contributed by atoms with Gasteiger partial charge >= 0.3 is 5.97 Å². The molecular weight excluding hydrogens is 943 g/mol. The first kappa shape index (κ1) is 64.5. The Hall–Kier alpha value is -6.52. The van der Waals surface area contributed by atoms with Crippen LogP contribution in [0.15, 0.2) is 40.3 Å². The lowest BCUT2D eigenvalue weighted by molar-refractivity contribution is -0.144. The van der Waals surface area contributed by atoms with Gasteiger partial charge in [0.1, 0.15) is 36.3 Å². The van der Waals surface area contributed by atoms with E-state index in [1.165, 1.54) is 64.7 Å². The van der Waals surface area contributed by atoms with Crippen LogP contribution in [-0.2, 0) is 44.8 Å². The Labute approximate surface area is 430 Å². The summed E-state index contributed by atoms with van der Waals surface area (Å²) in [5.41, 5.74) is 27.6. The molecule has 0 aromatic heterocycles. The van der Waals surface area contributed by atoms with Gasteiger partial charge in [0.05, 0.1) is 12.5 Å². The van der Waals surface area contributed by atoms with Gasteiger partial charge in [0, 0.05) is 25.9 Å². The summed E-state index contributed by atoms with van der Waals surface area (Å²) in [5.74, 6) is -8.17. The number of guanidine groups is 2. The van der Waals surface area contributed by atoms with Gasteiger partial charge in [0.15, 0.2) is 11.9 Å². The summed E-state index contributed by atoms with van der Waals surface area (Å²) in [7, 11) is 0.